The van der Waals surface area contributed by atoms with Crippen LogP contribution in [0.4, 0.5) is 4.39 Å². The number of nitrogens with zero attached hydrogens (tertiary/aromatic N) is 2. The van der Waals surface area contributed by atoms with Crippen LogP contribution in [-0.2, 0) is 16.0 Å². The summed E-state index contributed by atoms with van der Waals surface area (Å²) in [5.74, 6) is 0.209. The lowest BCUT2D eigenvalue weighted by molar-refractivity contribution is -0.136. The molecule has 0 bridgehead atoms. The van der Waals surface area contributed by atoms with E-state index in [0.29, 0.717) is 25.4 Å². The minimum absolute atomic E-state index is 0.0321. The van der Waals surface area contributed by atoms with Gasteiger partial charge in [-0.2, -0.15) is 0 Å². The molecule has 2 atom stereocenters. The molecular weight excluding hydrogens is 455 g/mol. The Kier molecular flexibility index (Phi) is 9.24. The van der Waals surface area contributed by atoms with E-state index >= 15 is 0 Å². The maximum atomic E-state index is 13.4. The molecule has 0 fully saturated rings. The fraction of sp³-hybridized carbons (Fsp3) is 0.500. The first-order chi connectivity index (χ1) is 16.2. The summed E-state index contributed by atoms with van der Waals surface area (Å²) >= 11 is 1.69. The van der Waals surface area contributed by atoms with Gasteiger partial charge < -0.3 is 19.5 Å². The number of ether oxygens (including phenoxy) is 2. The molecule has 1 amide bonds. The van der Waals surface area contributed by atoms with Crippen LogP contribution in [0.1, 0.15) is 37.3 Å². The Morgan fingerprint density at radius 2 is 2.09 bits per heavy atom. The Balaban J connectivity index is 1.67. The first kappa shape index (κ1) is 26.3. The highest BCUT2D eigenvalue weighted by molar-refractivity contribution is 7.10. The first-order valence-electron chi connectivity index (χ1n) is 11.6. The van der Waals surface area contributed by atoms with Crippen LogP contribution in [-0.4, -0.2) is 71.9 Å². The van der Waals surface area contributed by atoms with E-state index in [1.54, 1.807) is 29.5 Å². The highest BCUT2D eigenvalue weighted by Gasteiger charge is 2.33. The number of aliphatic hydroxyl groups is 1. The van der Waals surface area contributed by atoms with Gasteiger partial charge in [0.05, 0.1) is 30.9 Å². The molecule has 0 spiro atoms. The van der Waals surface area contributed by atoms with Crippen molar-refractivity contribution in [2.24, 2.45) is 0 Å². The molecule has 1 N–H and O–H groups in total. The van der Waals surface area contributed by atoms with Crippen molar-refractivity contribution in [3.63, 3.8) is 0 Å². The second-order valence-corrected chi connectivity index (χ2v) is 10.5. The number of amides is 1. The lowest BCUT2D eigenvalue weighted by Crippen LogP contribution is -2.48. The molecule has 1 aromatic heterocycles. The first-order valence-corrected chi connectivity index (χ1v) is 12.4. The van der Waals surface area contributed by atoms with Crippen LogP contribution in [0.25, 0.3) is 0 Å². The van der Waals surface area contributed by atoms with Gasteiger partial charge in [-0.05, 0) is 68.5 Å². The smallest absolute Gasteiger partial charge is 0.237 e. The quantitative estimate of drug-likeness (QED) is 0.482. The molecule has 1 aliphatic heterocycles. The minimum Gasteiger partial charge on any atom is -0.491 e. The van der Waals surface area contributed by atoms with E-state index in [0.717, 1.165) is 12.0 Å². The molecule has 2 heterocycles. The van der Waals surface area contributed by atoms with Crippen molar-refractivity contribution in [1.82, 2.24) is 9.80 Å². The summed E-state index contributed by atoms with van der Waals surface area (Å²) in [5.41, 5.74) is 0.754. The molecule has 6 nitrogen and oxygen atoms in total. The maximum Gasteiger partial charge on any atom is 0.237 e. The zero-order valence-corrected chi connectivity index (χ0v) is 21.0. The van der Waals surface area contributed by atoms with Crippen LogP contribution in [0.2, 0.25) is 0 Å². The van der Waals surface area contributed by atoms with Crippen molar-refractivity contribution in [3.8, 4) is 5.75 Å². The lowest BCUT2D eigenvalue weighted by Gasteiger charge is -2.37. The van der Waals surface area contributed by atoms with Gasteiger partial charge in [0.1, 0.15) is 18.2 Å². The van der Waals surface area contributed by atoms with Crippen LogP contribution in [0.15, 0.2) is 48.4 Å². The van der Waals surface area contributed by atoms with Crippen LogP contribution in [0.3, 0.4) is 0 Å². The van der Waals surface area contributed by atoms with Crippen molar-refractivity contribution in [2.45, 2.75) is 44.9 Å². The summed E-state index contributed by atoms with van der Waals surface area (Å²) in [4.78, 5) is 18.4. The molecule has 1 aromatic carbocycles. The standard InChI is InChI=1S/C26H35FN2O4S/c1-5-12-28(15-20(30)17-33-26(2,3)4)16-25(31)29-13-10-24-22(11-14-34-24)23(29)18-32-21-8-6-19(27)7-9-21/h5-9,11,14,20,23,30H,1,10,12-13,15-18H2,2-4H3/t20-,23+/m1/s1. The number of benzene rings is 1. The molecule has 186 valence electrons. The number of halogens is 1. The minimum atomic E-state index is -0.714. The monoisotopic (exact) mass is 490 g/mol. The van der Waals surface area contributed by atoms with Gasteiger partial charge >= 0.3 is 0 Å². The topological polar surface area (TPSA) is 62.2 Å². The summed E-state index contributed by atoms with van der Waals surface area (Å²) in [7, 11) is 0. The van der Waals surface area contributed by atoms with Crippen molar-refractivity contribution in [1.29, 1.82) is 0 Å². The zero-order chi connectivity index (χ0) is 24.7. The average molecular weight is 491 g/mol. The number of aliphatic hydroxyl groups excluding tert-OH is 1. The molecule has 3 rings (SSSR count). The van der Waals surface area contributed by atoms with Crippen molar-refractivity contribution in [2.75, 3.05) is 39.4 Å². The number of carbonyl (C=O) groups is 1. The van der Waals surface area contributed by atoms with Crippen LogP contribution < -0.4 is 4.74 Å². The Morgan fingerprint density at radius 3 is 2.76 bits per heavy atom. The fourth-order valence-electron chi connectivity index (χ4n) is 3.95. The van der Waals surface area contributed by atoms with E-state index in [9.17, 15) is 14.3 Å². The normalized spacial score (nSPS) is 16.9. The third kappa shape index (κ3) is 7.63. The van der Waals surface area contributed by atoms with Crippen molar-refractivity contribution >= 4 is 17.2 Å². The zero-order valence-electron chi connectivity index (χ0n) is 20.2. The second kappa shape index (κ2) is 11.9. The lowest BCUT2D eigenvalue weighted by atomic mass is 10.0. The van der Waals surface area contributed by atoms with Gasteiger partial charge in [0.25, 0.3) is 0 Å². The van der Waals surface area contributed by atoms with Crippen molar-refractivity contribution in [3.05, 3.63) is 64.6 Å². The predicted octanol–water partition coefficient (Wildman–Crippen LogP) is 4.06. The molecule has 8 heteroatoms. The van der Waals surface area contributed by atoms with Crippen LogP contribution >= 0.6 is 11.3 Å². The van der Waals surface area contributed by atoms with Gasteiger partial charge in [0.2, 0.25) is 5.91 Å². The SMILES string of the molecule is C=CCN(CC(=O)N1CCc2sccc2[C@@H]1COc1ccc(F)cc1)C[C@@H](O)COC(C)(C)C. The van der Waals surface area contributed by atoms with Gasteiger partial charge in [-0.25, -0.2) is 4.39 Å². The third-order valence-electron chi connectivity index (χ3n) is 5.56. The maximum absolute atomic E-state index is 13.4. The molecule has 0 saturated heterocycles. The molecule has 0 unspecified atom stereocenters. The van der Waals surface area contributed by atoms with Gasteiger partial charge in [-0.3, -0.25) is 9.69 Å². The highest BCUT2D eigenvalue weighted by Crippen LogP contribution is 2.34. The van der Waals surface area contributed by atoms with Gasteiger partial charge in [-0.1, -0.05) is 6.08 Å². The molecule has 0 saturated carbocycles. The molecule has 34 heavy (non-hydrogen) atoms. The fourth-order valence-corrected chi connectivity index (χ4v) is 4.87. The van der Waals surface area contributed by atoms with Crippen molar-refractivity contribution < 1.29 is 23.8 Å². The molecule has 2 aromatic rings. The molecular formula is C26H35FN2O4S. The number of fused-ring (bicyclic) bond motifs is 1. The van der Waals surface area contributed by atoms with E-state index in [-0.39, 0.29) is 43.1 Å². The Labute approximate surface area is 205 Å². The second-order valence-electron chi connectivity index (χ2n) is 9.48. The summed E-state index contributed by atoms with van der Waals surface area (Å²) < 4.78 is 24.9. The average Bonchev–Trinajstić information content (AvgIpc) is 3.26. The molecule has 0 radical (unpaired) electrons. The largest absolute Gasteiger partial charge is 0.491 e. The summed E-state index contributed by atoms with van der Waals surface area (Å²) in [6.45, 7) is 11.6. The van der Waals surface area contributed by atoms with Crippen LogP contribution in [0, 0.1) is 5.82 Å². The summed E-state index contributed by atoms with van der Waals surface area (Å²) in [6.07, 6.45) is 1.82. The number of thiophene rings is 1. The van der Waals surface area contributed by atoms with E-state index in [1.165, 1.54) is 17.0 Å². The van der Waals surface area contributed by atoms with Crippen LogP contribution in [0.5, 0.6) is 5.75 Å². The summed E-state index contributed by atoms with van der Waals surface area (Å²) in [6, 6.07) is 7.71. The van der Waals surface area contributed by atoms with E-state index in [4.69, 9.17) is 9.47 Å². The molecule has 0 aliphatic carbocycles. The van der Waals surface area contributed by atoms with Gasteiger partial charge in [-0.15, -0.1) is 17.9 Å². The Bertz CT molecular complexity index is 941. The number of hydrogen-bond acceptors (Lipinski definition) is 6. The number of carbonyl (C=O) groups excluding carboxylic acids is 1. The Morgan fingerprint density at radius 1 is 1.35 bits per heavy atom. The number of rotatable bonds is 11. The van der Waals surface area contributed by atoms with Gasteiger partial charge in [0.15, 0.2) is 0 Å². The van der Waals surface area contributed by atoms with E-state index in [1.807, 2.05) is 42.0 Å². The predicted molar refractivity (Wildman–Crippen MR) is 133 cm³/mol. The van der Waals surface area contributed by atoms with E-state index in [2.05, 4.69) is 6.58 Å². The molecule has 1 aliphatic rings. The third-order valence-corrected chi connectivity index (χ3v) is 6.56. The Hall–Kier alpha value is -2.26. The summed E-state index contributed by atoms with van der Waals surface area (Å²) in [5, 5.41) is 12.5. The number of hydrogen-bond donors (Lipinski definition) is 1. The van der Waals surface area contributed by atoms with E-state index < -0.39 is 6.10 Å². The highest BCUT2D eigenvalue weighted by atomic mass is 32.1. The van der Waals surface area contributed by atoms with Gasteiger partial charge in [0, 0.05) is 24.5 Å².